The maximum atomic E-state index is 12.6. The fraction of sp³-hybridized carbons (Fsp3) is 0.304. The Morgan fingerprint density at radius 2 is 1.46 bits per heavy atom. The van der Waals surface area contributed by atoms with Gasteiger partial charge in [-0.3, -0.25) is 0 Å². The van der Waals surface area contributed by atoms with E-state index in [1.165, 1.54) is 26.4 Å². The molecular formula is C23H24NO2. The van der Waals surface area contributed by atoms with Gasteiger partial charge in [0.05, 0.1) is 13.3 Å². The van der Waals surface area contributed by atoms with Gasteiger partial charge in [0.2, 0.25) is 0 Å². The number of methoxy groups -OCH3 is 1. The standard InChI is InChI=1S/C23H24NO2/c1-26-23(25)22(24-17-18-11-5-2-6-12-18)21(19-13-7-3-8-14-19)20-15-9-4-10-16-20/h3-4,7-10,13-16,18H,2,5-6,11-12H2,1H3. The third-order valence-electron chi connectivity index (χ3n) is 4.70. The van der Waals surface area contributed by atoms with Crippen LogP contribution in [0.2, 0.25) is 0 Å². The number of carbonyl (C=O) groups excluding carboxylic acids is 1. The van der Waals surface area contributed by atoms with Crippen LogP contribution in [0.4, 0.5) is 0 Å². The maximum absolute atomic E-state index is 12.6. The van der Waals surface area contributed by atoms with Crippen molar-refractivity contribution in [3.05, 3.63) is 77.5 Å². The Bertz CT molecular complexity index is 731. The Kier molecular flexibility index (Phi) is 6.37. The minimum Gasteiger partial charge on any atom is -0.464 e. The van der Waals surface area contributed by atoms with Gasteiger partial charge >= 0.3 is 5.97 Å². The van der Waals surface area contributed by atoms with Gasteiger partial charge in [-0.2, -0.15) is 0 Å². The van der Waals surface area contributed by atoms with Crippen molar-refractivity contribution in [1.29, 1.82) is 0 Å². The number of nitrogens with zero attached hydrogens (tertiary/aromatic N) is 1. The summed E-state index contributed by atoms with van der Waals surface area (Å²) in [6.45, 7) is 0. The van der Waals surface area contributed by atoms with Gasteiger partial charge in [-0.1, -0.05) is 79.9 Å². The highest BCUT2D eigenvalue weighted by Crippen LogP contribution is 2.29. The molecule has 0 bridgehead atoms. The zero-order valence-corrected chi connectivity index (χ0v) is 15.2. The molecule has 26 heavy (non-hydrogen) atoms. The maximum Gasteiger partial charge on any atom is 0.357 e. The van der Waals surface area contributed by atoms with Crippen LogP contribution in [0, 0.1) is 5.92 Å². The van der Waals surface area contributed by atoms with Gasteiger partial charge in [0.25, 0.3) is 0 Å². The SMILES string of the molecule is COC(=O)C(N=[C]C1CCCCC1)=C(c1ccccc1)c1ccccc1. The molecule has 0 N–H and O–H groups in total. The second kappa shape index (κ2) is 9.14. The van der Waals surface area contributed by atoms with Crippen molar-refractivity contribution in [2.24, 2.45) is 10.9 Å². The van der Waals surface area contributed by atoms with E-state index in [0.29, 0.717) is 11.6 Å². The highest BCUT2D eigenvalue weighted by molar-refractivity contribution is 6.02. The zero-order valence-electron chi connectivity index (χ0n) is 15.2. The molecule has 0 aliphatic heterocycles. The normalized spacial score (nSPS) is 15.0. The molecule has 0 aromatic heterocycles. The summed E-state index contributed by atoms with van der Waals surface area (Å²) in [5.41, 5.74) is 2.97. The van der Waals surface area contributed by atoms with Gasteiger partial charge in [-0.05, 0) is 24.0 Å². The second-order valence-electron chi connectivity index (χ2n) is 6.52. The van der Waals surface area contributed by atoms with Crippen molar-refractivity contribution >= 4 is 17.8 Å². The van der Waals surface area contributed by atoms with Crippen LogP contribution >= 0.6 is 0 Å². The summed E-state index contributed by atoms with van der Waals surface area (Å²) in [5, 5.41) is 0. The molecule has 3 heteroatoms. The lowest BCUT2D eigenvalue weighted by Gasteiger charge is -2.17. The molecule has 1 fully saturated rings. The first-order valence-electron chi connectivity index (χ1n) is 9.19. The number of benzene rings is 2. The smallest absolute Gasteiger partial charge is 0.357 e. The number of hydrogen-bond donors (Lipinski definition) is 0. The predicted octanol–water partition coefficient (Wildman–Crippen LogP) is 5.15. The van der Waals surface area contributed by atoms with Crippen molar-refractivity contribution in [3.8, 4) is 0 Å². The Balaban J connectivity index is 2.10. The fourth-order valence-corrected chi connectivity index (χ4v) is 3.34. The van der Waals surface area contributed by atoms with Gasteiger partial charge in [-0.15, -0.1) is 0 Å². The summed E-state index contributed by atoms with van der Waals surface area (Å²) >= 11 is 0. The molecule has 3 nitrogen and oxygen atoms in total. The minimum absolute atomic E-state index is 0.315. The van der Waals surface area contributed by atoms with E-state index in [-0.39, 0.29) is 0 Å². The van der Waals surface area contributed by atoms with Crippen LogP contribution in [0.15, 0.2) is 71.4 Å². The molecular weight excluding hydrogens is 322 g/mol. The lowest BCUT2D eigenvalue weighted by atomic mass is 9.90. The number of carbonyl (C=O) groups is 1. The number of esters is 1. The van der Waals surface area contributed by atoms with Crippen molar-refractivity contribution in [2.75, 3.05) is 7.11 Å². The summed E-state index contributed by atoms with van der Waals surface area (Å²) in [6.07, 6.45) is 9.08. The lowest BCUT2D eigenvalue weighted by molar-refractivity contribution is -0.136. The molecule has 0 heterocycles. The van der Waals surface area contributed by atoms with Crippen LogP contribution in [0.25, 0.3) is 5.57 Å². The zero-order chi connectivity index (χ0) is 18.2. The van der Waals surface area contributed by atoms with E-state index in [0.717, 1.165) is 29.5 Å². The molecule has 2 aromatic rings. The van der Waals surface area contributed by atoms with E-state index in [9.17, 15) is 4.79 Å². The average molecular weight is 346 g/mol. The molecule has 0 unspecified atom stereocenters. The molecule has 3 rings (SSSR count). The Hall–Kier alpha value is -2.68. The van der Waals surface area contributed by atoms with Gasteiger partial charge in [0, 0.05) is 11.5 Å². The van der Waals surface area contributed by atoms with Crippen LogP contribution in [-0.4, -0.2) is 19.3 Å². The predicted molar refractivity (Wildman–Crippen MR) is 105 cm³/mol. The molecule has 1 radical (unpaired) electrons. The molecule has 133 valence electrons. The Labute approximate surface area is 155 Å². The minimum atomic E-state index is -0.434. The quantitative estimate of drug-likeness (QED) is 0.427. The van der Waals surface area contributed by atoms with Gasteiger partial charge < -0.3 is 4.74 Å². The number of rotatable bonds is 5. The van der Waals surface area contributed by atoms with Gasteiger partial charge in [-0.25, -0.2) is 9.79 Å². The molecule has 0 atom stereocenters. The summed E-state index contributed by atoms with van der Waals surface area (Å²) in [7, 11) is 1.39. The highest BCUT2D eigenvalue weighted by atomic mass is 16.5. The number of hydrogen-bond acceptors (Lipinski definition) is 3. The van der Waals surface area contributed by atoms with E-state index in [1.54, 1.807) is 0 Å². The molecule has 0 amide bonds. The van der Waals surface area contributed by atoms with Crippen molar-refractivity contribution in [3.63, 3.8) is 0 Å². The number of aliphatic imine (C=N–C) groups is 1. The summed E-state index contributed by atoms with van der Waals surface area (Å²) in [6, 6.07) is 19.7. The van der Waals surface area contributed by atoms with Crippen molar-refractivity contribution in [1.82, 2.24) is 0 Å². The van der Waals surface area contributed by atoms with E-state index in [2.05, 4.69) is 11.2 Å². The van der Waals surface area contributed by atoms with Crippen LogP contribution in [0.3, 0.4) is 0 Å². The molecule has 2 aromatic carbocycles. The van der Waals surface area contributed by atoms with Gasteiger partial charge in [0.15, 0.2) is 5.70 Å². The van der Waals surface area contributed by atoms with Gasteiger partial charge in [0.1, 0.15) is 0 Å². The third kappa shape index (κ3) is 4.48. The summed E-state index contributed by atoms with van der Waals surface area (Å²) < 4.78 is 5.05. The van der Waals surface area contributed by atoms with E-state index >= 15 is 0 Å². The largest absolute Gasteiger partial charge is 0.464 e. The molecule has 1 saturated carbocycles. The van der Waals surface area contributed by atoms with Crippen molar-refractivity contribution in [2.45, 2.75) is 32.1 Å². The van der Waals surface area contributed by atoms with Crippen LogP contribution in [-0.2, 0) is 9.53 Å². The molecule has 1 aliphatic carbocycles. The van der Waals surface area contributed by atoms with Crippen LogP contribution in [0.5, 0.6) is 0 Å². The first-order valence-corrected chi connectivity index (χ1v) is 9.19. The van der Waals surface area contributed by atoms with Crippen molar-refractivity contribution < 1.29 is 9.53 Å². The summed E-state index contributed by atoms with van der Waals surface area (Å²) in [4.78, 5) is 17.1. The van der Waals surface area contributed by atoms with Crippen LogP contribution < -0.4 is 0 Å². The molecule has 0 saturated heterocycles. The molecule has 1 aliphatic rings. The number of ether oxygens (including phenoxy) is 1. The first-order chi connectivity index (χ1) is 12.8. The Morgan fingerprint density at radius 3 is 1.96 bits per heavy atom. The average Bonchev–Trinajstić information content (AvgIpc) is 2.72. The molecule has 0 spiro atoms. The third-order valence-corrected chi connectivity index (χ3v) is 4.70. The lowest BCUT2D eigenvalue weighted by Crippen LogP contribution is -2.11. The first kappa shape index (κ1) is 18.1. The fourth-order valence-electron chi connectivity index (χ4n) is 3.34. The van der Waals surface area contributed by atoms with E-state index in [1.807, 2.05) is 60.7 Å². The Morgan fingerprint density at radius 1 is 0.923 bits per heavy atom. The van der Waals surface area contributed by atoms with E-state index in [4.69, 9.17) is 4.74 Å². The monoisotopic (exact) mass is 346 g/mol. The summed E-state index contributed by atoms with van der Waals surface area (Å²) in [5.74, 6) is -0.118. The van der Waals surface area contributed by atoms with Crippen LogP contribution in [0.1, 0.15) is 43.2 Å². The topological polar surface area (TPSA) is 38.7 Å². The highest BCUT2D eigenvalue weighted by Gasteiger charge is 2.20. The van der Waals surface area contributed by atoms with E-state index < -0.39 is 5.97 Å². The second-order valence-corrected chi connectivity index (χ2v) is 6.52.